The van der Waals surface area contributed by atoms with Gasteiger partial charge in [0.05, 0.1) is 0 Å². The molecule has 2 aromatic rings. The number of anilines is 3. The average Bonchev–Trinajstić information content (AvgIpc) is 3.21. The molecule has 226 valence electrons. The first-order valence-electron chi connectivity index (χ1n) is 13.7. The summed E-state index contributed by atoms with van der Waals surface area (Å²) in [5, 5.41) is 17.0. The van der Waals surface area contributed by atoms with Crippen LogP contribution >= 0.6 is 0 Å². The minimum absolute atomic E-state index is 0.0492. The molecule has 1 aromatic carbocycles. The van der Waals surface area contributed by atoms with E-state index in [-0.39, 0.29) is 17.3 Å². The number of benzene rings is 1. The van der Waals surface area contributed by atoms with Crippen molar-refractivity contribution >= 4 is 35.8 Å². The Morgan fingerprint density at radius 2 is 1.85 bits per heavy atom. The highest BCUT2D eigenvalue weighted by Gasteiger charge is 2.47. The van der Waals surface area contributed by atoms with E-state index >= 15 is 0 Å². The van der Waals surface area contributed by atoms with Crippen LogP contribution in [0.3, 0.4) is 0 Å². The van der Waals surface area contributed by atoms with E-state index in [2.05, 4.69) is 58.0 Å². The third-order valence-corrected chi connectivity index (χ3v) is 7.36. The molecule has 0 bridgehead atoms. The molecule has 12 heteroatoms. The number of urea groups is 1. The zero-order valence-electron chi connectivity index (χ0n) is 25.5. The average molecular weight is 571 g/mol. The van der Waals surface area contributed by atoms with Gasteiger partial charge in [-0.25, -0.2) is 14.8 Å². The SMILES string of the molecule is C=Nc1c(N)ncnc1N(C)C1O[C@H](CN(C)CCC(C)(C)NC(=O)Nc2ccc(C(C)(C)C)cc2)[C@@H](O)[C@H]1OC. The van der Waals surface area contributed by atoms with E-state index in [1.807, 2.05) is 45.2 Å². The van der Waals surface area contributed by atoms with E-state index in [0.717, 1.165) is 5.69 Å². The Morgan fingerprint density at radius 3 is 2.44 bits per heavy atom. The summed E-state index contributed by atoms with van der Waals surface area (Å²) in [5.41, 5.74) is 7.80. The fourth-order valence-corrected chi connectivity index (χ4v) is 4.80. The van der Waals surface area contributed by atoms with Crippen molar-refractivity contribution in [3.63, 3.8) is 0 Å². The van der Waals surface area contributed by atoms with Crippen LogP contribution in [0.1, 0.15) is 46.6 Å². The number of nitrogens with one attached hydrogen (secondary N) is 2. The Kier molecular flexibility index (Phi) is 10.3. The molecular formula is C29H46N8O4. The number of aliphatic imine (C=N–C) groups is 1. The second kappa shape index (κ2) is 13.1. The molecule has 0 radical (unpaired) electrons. The summed E-state index contributed by atoms with van der Waals surface area (Å²) in [5.74, 6) is 0.626. The Morgan fingerprint density at radius 1 is 1.20 bits per heavy atom. The van der Waals surface area contributed by atoms with Gasteiger partial charge in [-0.15, -0.1) is 0 Å². The summed E-state index contributed by atoms with van der Waals surface area (Å²) in [6.07, 6.45) is -0.654. The van der Waals surface area contributed by atoms with Gasteiger partial charge in [-0.05, 0) is 57.1 Å². The maximum Gasteiger partial charge on any atom is 0.319 e. The molecule has 0 aliphatic carbocycles. The maximum atomic E-state index is 12.7. The van der Waals surface area contributed by atoms with Crippen LogP contribution in [0.25, 0.3) is 0 Å². The van der Waals surface area contributed by atoms with Gasteiger partial charge in [0.15, 0.2) is 17.9 Å². The van der Waals surface area contributed by atoms with E-state index in [9.17, 15) is 9.90 Å². The highest BCUT2D eigenvalue weighted by atomic mass is 16.6. The highest BCUT2D eigenvalue weighted by molar-refractivity contribution is 5.89. The molecule has 2 heterocycles. The number of rotatable bonds is 11. The number of carbonyl (C=O) groups excluding carboxylic acids is 1. The number of amides is 2. The molecule has 0 spiro atoms. The monoisotopic (exact) mass is 570 g/mol. The third-order valence-electron chi connectivity index (χ3n) is 7.36. The number of aliphatic hydroxyl groups excluding tert-OH is 1. The minimum atomic E-state index is -0.879. The largest absolute Gasteiger partial charge is 0.387 e. The highest BCUT2D eigenvalue weighted by Crippen LogP contribution is 2.35. The van der Waals surface area contributed by atoms with Crippen molar-refractivity contribution in [2.75, 3.05) is 50.2 Å². The lowest BCUT2D eigenvalue weighted by atomic mass is 9.87. The van der Waals surface area contributed by atoms with E-state index in [0.29, 0.717) is 31.0 Å². The summed E-state index contributed by atoms with van der Waals surface area (Å²) in [7, 11) is 5.25. The van der Waals surface area contributed by atoms with Crippen LogP contribution in [0, 0.1) is 0 Å². The van der Waals surface area contributed by atoms with Gasteiger partial charge in [-0.2, -0.15) is 0 Å². The van der Waals surface area contributed by atoms with Gasteiger partial charge in [0.2, 0.25) is 0 Å². The van der Waals surface area contributed by atoms with Crippen molar-refractivity contribution in [3.8, 4) is 0 Å². The number of nitrogens with two attached hydrogens (primary N) is 1. The summed E-state index contributed by atoms with van der Waals surface area (Å²) in [6.45, 7) is 15.1. The lowest BCUT2D eigenvalue weighted by Gasteiger charge is -2.30. The van der Waals surface area contributed by atoms with Crippen molar-refractivity contribution in [2.45, 2.75) is 76.5 Å². The normalized spacial score (nSPS) is 21.1. The molecule has 4 atom stereocenters. The van der Waals surface area contributed by atoms with Crippen LogP contribution in [0.2, 0.25) is 0 Å². The van der Waals surface area contributed by atoms with Crippen LogP contribution in [0.15, 0.2) is 35.6 Å². The number of likely N-dealkylation sites (N-methyl/N-ethyl adjacent to an activating group) is 2. The van der Waals surface area contributed by atoms with Gasteiger partial charge < -0.3 is 40.7 Å². The van der Waals surface area contributed by atoms with Crippen molar-refractivity contribution in [3.05, 3.63) is 36.2 Å². The van der Waals surface area contributed by atoms with Crippen LogP contribution in [-0.4, -0.2) is 97.1 Å². The summed E-state index contributed by atoms with van der Waals surface area (Å²) >= 11 is 0. The Balaban J connectivity index is 1.54. The van der Waals surface area contributed by atoms with Crippen LogP contribution in [0.5, 0.6) is 0 Å². The molecule has 1 aromatic heterocycles. The fraction of sp³-hybridized carbons (Fsp3) is 0.586. The molecule has 0 saturated carbocycles. The predicted octanol–water partition coefficient (Wildman–Crippen LogP) is 3.15. The van der Waals surface area contributed by atoms with E-state index in [1.54, 1.807) is 11.9 Å². The first-order valence-corrected chi connectivity index (χ1v) is 13.7. The van der Waals surface area contributed by atoms with Crippen LogP contribution in [0.4, 0.5) is 27.8 Å². The Bertz CT molecular complexity index is 1180. The molecule has 41 heavy (non-hydrogen) atoms. The Labute approximate surface area is 243 Å². The lowest BCUT2D eigenvalue weighted by Crippen LogP contribution is -2.48. The number of carbonyl (C=O) groups is 1. The Hall–Kier alpha value is -3.32. The zero-order valence-corrected chi connectivity index (χ0v) is 25.5. The fourth-order valence-electron chi connectivity index (χ4n) is 4.80. The smallest absolute Gasteiger partial charge is 0.319 e. The van der Waals surface area contributed by atoms with Gasteiger partial charge in [-0.3, -0.25) is 4.99 Å². The van der Waals surface area contributed by atoms with Gasteiger partial charge in [-0.1, -0.05) is 32.9 Å². The molecule has 5 N–H and O–H groups in total. The lowest BCUT2D eigenvalue weighted by molar-refractivity contribution is -0.0114. The molecular weight excluding hydrogens is 524 g/mol. The first-order chi connectivity index (χ1) is 19.2. The number of hydrogen-bond acceptors (Lipinski definition) is 10. The minimum Gasteiger partial charge on any atom is -0.387 e. The molecule has 12 nitrogen and oxygen atoms in total. The number of aliphatic hydroxyl groups is 1. The van der Waals surface area contributed by atoms with Crippen LogP contribution < -0.4 is 21.3 Å². The van der Waals surface area contributed by atoms with E-state index < -0.39 is 30.1 Å². The first kappa shape index (κ1) is 32.2. The molecule has 3 rings (SSSR count). The standard InChI is InChI=1S/C29H46N8O4/c1-28(2,3)18-10-12-19(13-11-18)34-27(39)35-29(4,5)14-15-36(7)16-20-22(38)23(40-9)26(41-20)37(8)25-21(31-6)24(30)32-17-33-25/h10-13,17,20,22-23,26,38H,6,14-16H2,1-5,7-9H3,(H2,30,32,33)(H2,34,35,39)/t20-,22-,23-,26?/m1/s1. The molecule has 1 unspecified atom stereocenters. The molecule has 1 aliphatic rings. The predicted molar refractivity (Wildman–Crippen MR) is 163 cm³/mol. The van der Waals surface area contributed by atoms with Gasteiger partial charge >= 0.3 is 6.03 Å². The molecule has 1 fully saturated rings. The second-order valence-corrected chi connectivity index (χ2v) is 12.3. The summed E-state index contributed by atoms with van der Waals surface area (Å²) in [6, 6.07) is 7.64. The molecule has 1 aliphatic heterocycles. The molecule has 2 amide bonds. The third kappa shape index (κ3) is 8.13. The van der Waals surface area contributed by atoms with Crippen molar-refractivity contribution in [1.82, 2.24) is 20.2 Å². The van der Waals surface area contributed by atoms with E-state index in [1.165, 1.54) is 19.0 Å². The number of aromatic nitrogens is 2. The van der Waals surface area contributed by atoms with Crippen molar-refractivity contribution in [1.29, 1.82) is 0 Å². The summed E-state index contributed by atoms with van der Waals surface area (Å²) in [4.78, 5) is 28.7. The quantitative estimate of drug-likeness (QED) is 0.299. The van der Waals surface area contributed by atoms with Crippen molar-refractivity contribution < 1.29 is 19.4 Å². The number of nitrogen functional groups attached to an aromatic ring is 1. The zero-order chi connectivity index (χ0) is 30.5. The van der Waals surface area contributed by atoms with E-state index in [4.69, 9.17) is 15.2 Å². The topological polar surface area (TPSA) is 150 Å². The molecule has 1 saturated heterocycles. The summed E-state index contributed by atoms with van der Waals surface area (Å²) < 4.78 is 11.9. The van der Waals surface area contributed by atoms with Gasteiger partial charge in [0.25, 0.3) is 0 Å². The van der Waals surface area contributed by atoms with Crippen LogP contribution in [-0.2, 0) is 14.9 Å². The van der Waals surface area contributed by atoms with Crippen molar-refractivity contribution in [2.24, 2.45) is 4.99 Å². The second-order valence-electron chi connectivity index (χ2n) is 12.3. The number of ether oxygens (including phenoxy) is 2. The van der Waals surface area contributed by atoms with Gasteiger partial charge in [0, 0.05) is 38.5 Å². The van der Waals surface area contributed by atoms with Gasteiger partial charge in [0.1, 0.15) is 30.3 Å². The number of nitrogens with zero attached hydrogens (tertiary/aromatic N) is 5. The maximum absolute atomic E-state index is 12.7. The number of methoxy groups -OCH3 is 1. The number of hydrogen-bond donors (Lipinski definition) is 4.